The van der Waals surface area contributed by atoms with Crippen molar-refractivity contribution in [3.63, 3.8) is 0 Å². The second kappa shape index (κ2) is 8.53. The van der Waals surface area contributed by atoms with Crippen LogP contribution < -0.4 is 10.3 Å². The van der Waals surface area contributed by atoms with E-state index in [2.05, 4.69) is 39.5 Å². The normalized spacial score (nSPS) is 14.4. The van der Waals surface area contributed by atoms with Crippen molar-refractivity contribution in [2.24, 2.45) is 5.10 Å². The van der Waals surface area contributed by atoms with E-state index >= 15 is 0 Å². The first kappa shape index (κ1) is 19.2. The highest BCUT2D eigenvalue weighted by atomic mass is 16.5. The lowest BCUT2D eigenvalue weighted by atomic mass is 10.2. The van der Waals surface area contributed by atoms with Gasteiger partial charge in [0.05, 0.1) is 19.4 Å². The van der Waals surface area contributed by atoms with E-state index in [0.717, 1.165) is 30.0 Å². The molecule has 0 unspecified atom stereocenters. The summed E-state index contributed by atoms with van der Waals surface area (Å²) in [5.74, 6) is 1.21. The first-order valence-electron chi connectivity index (χ1n) is 10.3. The summed E-state index contributed by atoms with van der Waals surface area (Å²) in [7, 11) is 0. The number of benzene rings is 2. The molecule has 0 saturated carbocycles. The van der Waals surface area contributed by atoms with Crippen molar-refractivity contribution >= 4 is 29.1 Å². The maximum Gasteiger partial charge on any atom is 0.229 e. The smallest absolute Gasteiger partial charge is 0.229 e. The van der Waals surface area contributed by atoms with E-state index in [4.69, 9.17) is 14.7 Å². The Morgan fingerprint density at radius 2 is 1.87 bits per heavy atom. The van der Waals surface area contributed by atoms with Crippen molar-refractivity contribution in [1.82, 2.24) is 19.5 Å². The predicted octanol–water partition coefficient (Wildman–Crippen LogP) is 3.41. The lowest BCUT2D eigenvalue weighted by Gasteiger charge is -2.27. The lowest BCUT2D eigenvalue weighted by Crippen LogP contribution is -2.37. The zero-order valence-electron chi connectivity index (χ0n) is 17.3. The summed E-state index contributed by atoms with van der Waals surface area (Å²) in [6, 6.07) is 18.2. The van der Waals surface area contributed by atoms with Gasteiger partial charge in [-0.1, -0.05) is 48.0 Å². The molecule has 156 valence electrons. The van der Waals surface area contributed by atoms with Crippen LogP contribution in [-0.4, -0.2) is 52.0 Å². The first-order valence-corrected chi connectivity index (χ1v) is 10.3. The average Bonchev–Trinajstić information content (AvgIpc) is 3.24. The third kappa shape index (κ3) is 4.10. The van der Waals surface area contributed by atoms with Crippen LogP contribution in [0, 0.1) is 6.92 Å². The highest BCUT2D eigenvalue weighted by Crippen LogP contribution is 2.25. The summed E-state index contributed by atoms with van der Waals surface area (Å²) in [5.41, 5.74) is 7.68. The molecule has 1 saturated heterocycles. The standard InChI is InChI=1S/C23H23N7O/c1-17-6-5-7-18(14-17)15-25-28-21-20-22(27-23(26-21)29-10-12-31-13-11-29)30(16-24-20)19-8-3-2-4-9-19/h2-9,14-16H,10-13H2,1H3,(H,26,27,28). The van der Waals surface area contributed by atoms with E-state index in [-0.39, 0.29) is 0 Å². The topological polar surface area (TPSA) is 80.5 Å². The number of hydrogen-bond acceptors (Lipinski definition) is 7. The molecule has 1 N–H and O–H groups in total. The molecule has 8 heteroatoms. The lowest BCUT2D eigenvalue weighted by molar-refractivity contribution is 0.122. The monoisotopic (exact) mass is 413 g/mol. The molecule has 4 aromatic rings. The van der Waals surface area contributed by atoms with Gasteiger partial charge in [0.25, 0.3) is 0 Å². The quantitative estimate of drug-likeness (QED) is 0.399. The zero-order chi connectivity index (χ0) is 21.0. The molecule has 0 aliphatic carbocycles. The Balaban J connectivity index is 1.54. The molecule has 0 radical (unpaired) electrons. The van der Waals surface area contributed by atoms with Gasteiger partial charge in [-0.05, 0) is 24.6 Å². The van der Waals surface area contributed by atoms with Crippen LogP contribution in [0.15, 0.2) is 66.0 Å². The van der Waals surface area contributed by atoms with E-state index in [0.29, 0.717) is 30.5 Å². The van der Waals surface area contributed by atoms with Gasteiger partial charge >= 0.3 is 0 Å². The number of aryl methyl sites for hydroxylation is 1. The molecular weight excluding hydrogens is 390 g/mol. The largest absolute Gasteiger partial charge is 0.378 e. The number of hydrogen-bond donors (Lipinski definition) is 1. The molecule has 0 amide bonds. The molecule has 2 aromatic heterocycles. The molecule has 5 rings (SSSR count). The molecule has 0 bridgehead atoms. The summed E-state index contributed by atoms with van der Waals surface area (Å²) in [4.78, 5) is 16.3. The maximum absolute atomic E-state index is 5.49. The Labute approximate surface area is 180 Å². The number of rotatable bonds is 5. The third-order valence-corrected chi connectivity index (χ3v) is 5.14. The van der Waals surface area contributed by atoms with E-state index in [1.165, 1.54) is 5.56 Å². The summed E-state index contributed by atoms with van der Waals surface area (Å²) in [6.45, 7) is 4.87. The van der Waals surface area contributed by atoms with Crippen LogP contribution in [0.5, 0.6) is 0 Å². The molecule has 0 spiro atoms. The summed E-state index contributed by atoms with van der Waals surface area (Å²) >= 11 is 0. The molecule has 2 aromatic carbocycles. The van der Waals surface area contributed by atoms with Crippen molar-refractivity contribution in [3.8, 4) is 5.69 Å². The van der Waals surface area contributed by atoms with Gasteiger partial charge in [0.15, 0.2) is 17.0 Å². The van der Waals surface area contributed by atoms with Gasteiger partial charge in [0.2, 0.25) is 5.95 Å². The van der Waals surface area contributed by atoms with Gasteiger partial charge in [-0.15, -0.1) is 0 Å². The van der Waals surface area contributed by atoms with E-state index < -0.39 is 0 Å². The van der Waals surface area contributed by atoms with Gasteiger partial charge in [-0.3, -0.25) is 9.99 Å². The van der Waals surface area contributed by atoms with Crippen LogP contribution >= 0.6 is 0 Å². The van der Waals surface area contributed by atoms with Crippen LogP contribution in [0.4, 0.5) is 11.8 Å². The predicted molar refractivity (Wildman–Crippen MR) is 122 cm³/mol. The van der Waals surface area contributed by atoms with E-state index in [9.17, 15) is 0 Å². The molecule has 0 atom stereocenters. The highest BCUT2D eigenvalue weighted by molar-refractivity contribution is 5.87. The molecule has 8 nitrogen and oxygen atoms in total. The van der Waals surface area contributed by atoms with E-state index in [1.807, 2.05) is 47.0 Å². The van der Waals surface area contributed by atoms with Crippen LogP contribution in [-0.2, 0) is 4.74 Å². The minimum absolute atomic E-state index is 0.574. The molecule has 31 heavy (non-hydrogen) atoms. The fourth-order valence-corrected chi connectivity index (χ4v) is 3.57. The second-order valence-electron chi connectivity index (χ2n) is 7.38. The molecule has 1 aliphatic heterocycles. The summed E-state index contributed by atoms with van der Waals surface area (Å²) in [6.07, 6.45) is 3.55. The number of nitrogens with zero attached hydrogens (tertiary/aromatic N) is 6. The fraction of sp³-hybridized carbons (Fsp3) is 0.217. The number of ether oxygens (including phenoxy) is 1. The second-order valence-corrected chi connectivity index (χ2v) is 7.38. The fourth-order valence-electron chi connectivity index (χ4n) is 3.57. The van der Waals surface area contributed by atoms with Crippen LogP contribution in [0.2, 0.25) is 0 Å². The van der Waals surface area contributed by atoms with E-state index in [1.54, 1.807) is 12.5 Å². The molecule has 1 aliphatic rings. The third-order valence-electron chi connectivity index (χ3n) is 5.14. The Kier molecular flexibility index (Phi) is 5.28. The van der Waals surface area contributed by atoms with Gasteiger partial charge in [0, 0.05) is 18.8 Å². The Morgan fingerprint density at radius 3 is 2.68 bits per heavy atom. The minimum atomic E-state index is 0.574. The molecule has 1 fully saturated rings. The van der Waals surface area contributed by atoms with Gasteiger partial charge in [-0.2, -0.15) is 15.1 Å². The van der Waals surface area contributed by atoms with Crippen molar-refractivity contribution in [2.75, 3.05) is 36.6 Å². The summed E-state index contributed by atoms with van der Waals surface area (Å²) in [5, 5.41) is 4.41. The SMILES string of the molecule is Cc1cccc(C=NNc2nc(N3CCOCC3)nc3c2ncn3-c2ccccc2)c1. The Hall–Kier alpha value is -3.78. The zero-order valence-corrected chi connectivity index (χ0v) is 17.3. The van der Waals surface area contributed by atoms with Crippen molar-refractivity contribution in [3.05, 3.63) is 72.1 Å². The minimum Gasteiger partial charge on any atom is -0.378 e. The maximum atomic E-state index is 5.49. The van der Waals surface area contributed by atoms with Crippen molar-refractivity contribution in [2.45, 2.75) is 6.92 Å². The first-order chi connectivity index (χ1) is 15.3. The molecular formula is C23H23N7O. The molecule has 3 heterocycles. The van der Waals surface area contributed by atoms with Crippen molar-refractivity contribution < 1.29 is 4.74 Å². The number of hydrazone groups is 1. The summed E-state index contributed by atoms with van der Waals surface area (Å²) < 4.78 is 7.46. The van der Waals surface area contributed by atoms with Crippen LogP contribution in [0.1, 0.15) is 11.1 Å². The Morgan fingerprint density at radius 1 is 1.03 bits per heavy atom. The number of anilines is 2. The number of aromatic nitrogens is 4. The van der Waals surface area contributed by atoms with Crippen molar-refractivity contribution in [1.29, 1.82) is 0 Å². The van der Waals surface area contributed by atoms with Gasteiger partial charge < -0.3 is 9.64 Å². The number of nitrogens with one attached hydrogen (secondary N) is 1. The highest BCUT2D eigenvalue weighted by Gasteiger charge is 2.19. The van der Waals surface area contributed by atoms with Crippen LogP contribution in [0.25, 0.3) is 16.9 Å². The van der Waals surface area contributed by atoms with Gasteiger partial charge in [0.1, 0.15) is 6.33 Å². The number of morpholine rings is 1. The number of imidazole rings is 1. The number of para-hydroxylation sites is 1. The average molecular weight is 413 g/mol. The number of fused-ring (bicyclic) bond motifs is 1. The van der Waals surface area contributed by atoms with Crippen LogP contribution in [0.3, 0.4) is 0 Å². The van der Waals surface area contributed by atoms with Gasteiger partial charge in [-0.25, -0.2) is 4.98 Å². The Bertz CT molecular complexity index is 1210.